The Kier molecular flexibility index (Phi) is 43.0. The Hall–Kier alpha value is 0.533. The van der Waals surface area contributed by atoms with Crippen LogP contribution in [0.15, 0.2) is 0 Å². The van der Waals surface area contributed by atoms with Crippen LogP contribution in [-0.2, 0) is 49.2 Å². The molecule has 1 radical (unpaired) electrons. The standard InChI is InChI=1S/C3H5O2.C3H6O2.V.W/c1-3(4)5-2;4-2-1-3-5;;/h1H2,2H3;2-5H,1H2;;/q-1;-2;;+2. The van der Waals surface area contributed by atoms with E-state index in [2.05, 4.69) is 11.7 Å². The fourth-order valence-corrected chi connectivity index (χ4v) is 0.0471. The summed E-state index contributed by atoms with van der Waals surface area (Å²) in [6.45, 7) is 4.65. The van der Waals surface area contributed by atoms with Gasteiger partial charge >= 0.3 is 21.1 Å². The first kappa shape index (κ1) is 22.9. The maximum Gasteiger partial charge on any atom is 2.00 e. The van der Waals surface area contributed by atoms with Crippen molar-refractivity contribution in [3.63, 3.8) is 0 Å². The maximum atomic E-state index is 9.48. The molecule has 12 heavy (non-hydrogen) atoms. The van der Waals surface area contributed by atoms with Crippen molar-refractivity contribution in [2.75, 3.05) is 7.11 Å². The zero-order valence-corrected chi connectivity index (χ0v) is 11.0. The average Bonchev–Trinajstić information content (AvgIpc) is 1.91. The largest absolute Gasteiger partial charge is 2.00 e. The second kappa shape index (κ2) is 22.5. The van der Waals surface area contributed by atoms with Crippen molar-refractivity contribution in [1.29, 1.82) is 0 Å². The van der Waals surface area contributed by atoms with E-state index in [4.69, 9.17) is 10.2 Å². The maximum absolute atomic E-state index is 9.48. The first-order valence-electron chi connectivity index (χ1n) is 2.50. The molecule has 0 atom stereocenters. The second-order valence-electron chi connectivity index (χ2n) is 1.18. The van der Waals surface area contributed by atoms with Gasteiger partial charge in [-0.15, -0.1) is 0 Å². The van der Waals surface area contributed by atoms with Gasteiger partial charge in [0.25, 0.3) is 0 Å². The molecule has 0 rings (SSSR count). The fraction of sp³-hybridized carbons (Fsp3) is 0.333. The first-order valence-corrected chi connectivity index (χ1v) is 2.50. The molecule has 0 saturated heterocycles. The van der Waals surface area contributed by atoms with Crippen LogP contribution in [-0.4, -0.2) is 23.3 Å². The van der Waals surface area contributed by atoms with Crippen molar-refractivity contribution in [2.45, 2.75) is 6.42 Å². The van der Waals surface area contributed by atoms with Crippen LogP contribution >= 0.6 is 0 Å². The fourth-order valence-electron chi connectivity index (χ4n) is 0.0471. The van der Waals surface area contributed by atoms with Gasteiger partial charge in [-0.3, -0.25) is 18.1 Å². The van der Waals surface area contributed by atoms with Crippen LogP contribution in [0, 0.1) is 20.1 Å². The molecule has 0 aromatic heterocycles. The van der Waals surface area contributed by atoms with Gasteiger partial charge in [-0.2, -0.15) is 0 Å². The third-order valence-corrected chi connectivity index (χ3v) is 0.438. The smallest absolute Gasteiger partial charge is 0.568 e. The molecule has 0 aliphatic rings. The quantitative estimate of drug-likeness (QED) is 0.538. The molecule has 0 saturated carbocycles. The van der Waals surface area contributed by atoms with Crippen molar-refractivity contribution in [3.8, 4) is 0 Å². The van der Waals surface area contributed by atoms with Crippen molar-refractivity contribution >= 4 is 5.97 Å². The molecular weight excluding hydrogens is 371 g/mol. The van der Waals surface area contributed by atoms with Crippen molar-refractivity contribution < 1.29 is 59.4 Å². The Bertz CT molecular complexity index is 79.9. The molecule has 0 aliphatic heterocycles. The zero-order valence-electron chi connectivity index (χ0n) is 6.64. The molecule has 0 aromatic rings. The molecule has 0 unspecified atom stereocenters. The molecule has 0 fully saturated rings. The number of carbonyl (C=O) groups excluding carboxylic acids is 1. The molecule has 0 aromatic carbocycles. The SMILES string of the molecule is O[CH-]C[CH-]O.[CH2-]C(=O)OC.[V].[W+2]. The van der Waals surface area contributed by atoms with E-state index in [9.17, 15) is 4.79 Å². The van der Waals surface area contributed by atoms with Gasteiger partial charge < -0.3 is 14.9 Å². The van der Waals surface area contributed by atoms with Crippen molar-refractivity contribution in [1.82, 2.24) is 0 Å². The van der Waals surface area contributed by atoms with E-state index >= 15 is 0 Å². The van der Waals surface area contributed by atoms with E-state index < -0.39 is 5.97 Å². The van der Waals surface area contributed by atoms with Gasteiger partial charge in [-0.25, -0.2) is 13.2 Å². The predicted molar refractivity (Wildman–Crippen MR) is 34.5 cm³/mol. The number of carbonyl (C=O) groups is 1. The minimum absolute atomic E-state index is 0. The number of hydrogen-bond acceptors (Lipinski definition) is 4. The third-order valence-electron chi connectivity index (χ3n) is 0.438. The predicted octanol–water partition coefficient (Wildman–Crippen LogP) is 0.434. The summed E-state index contributed by atoms with van der Waals surface area (Å²) in [6.07, 6.45) is 0.250. The number of aliphatic hydroxyl groups is 2. The van der Waals surface area contributed by atoms with Gasteiger partial charge in [-0.1, -0.05) is 0 Å². The molecular formula is C6H11O4VW-. The first-order chi connectivity index (χ1) is 4.68. The number of esters is 1. The number of hydrogen-bond donors (Lipinski definition) is 2. The monoisotopic (exact) mass is 382 g/mol. The van der Waals surface area contributed by atoms with Crippen LogP contribution in [0.4, 0.5) is 0 Å². The number of rotatable bonds is 2. The summed E-state index contributed by atoms with van der Waals surface area (Å²) in [4.78, 5) is 9.48. The molecule has 0 amide bonds. The van der Waals surface area contributed by atoms with E-state index in [0.29, 0.717) is 0 Å². The Morgan fingerprint density at radius 3 is 1.75 bits per heavy atom. The van der Waals surface area contributed by atoms with Gasteiger partial charge in [0, 0.05) is 18.6 Å². The van der Waals surface area contributed by atoms with Crippen LogP contribution in [0.5, 0.6) is 0 Å². The van der Waals surface area contributed by atoms with Crippen molar-refractivity contribution in [3.05, 3.63) is 20.1 Å². The summed E-state index contributed by atoms with van der Waals surface area (Å²) < 4.78 is 4.00. The number of aliphatic hydroxyl groups excluding tert-OH is 2. The molecule has 0 heterocycles. The van der Waals surface area contributed by atoms with Gasteiger partial charge in [0.2, 0.25) is 0 Å². The molecule has 71 valence electrons. The topological polar surface area (TPSA) is 66.8 Å². The Morgan fingerprint density at radius 1 is 1.50 bits per heavy atom. The van der Waals surface area contributed by atoms with E-state index in [1.54, 1.807) is 0 Å². The molecule has 0 spiro atoms. The van der Waals surface area contributed by atoms with Gasteiger partial charge in [0.1, 0.15) is 0 Å². The minimum atomic E-state index is -0.495. The summed E-state index contributed by atoms with van der Waals surface area (Å²) in [5.74, 6) is -0.495. The van der Waals surface area contributed by atoms with E-state index in [0.717, 1.165) is 13.2 Å². The normalized spacial score (nSPS) is 6.25. The third kappa shape index (κ3) is 46.6. The minimum Gasteiger partial charge on any atom is -0.568 e. The van der Waals surface area contributed by atoms with E-state index in [1.165, 1.54) is 7.11 Å². The molecule has 6 heteroatoms. The van der Waals surface area contributed by atoms with Gasteiger partial charge in [-0.05, 0) is 0 Å². The van der Waals surface area contributed by atoms with Crippen LogP contribution in [0.2, 0.25) is 0 Å². The average molecular weight is 382 g/mol. The van der Waals surface area contributed by atoms with E-state index in [-0.39, 0.29) is 46.0 Å². The van der Waals surface area contributed by atoms with Gasteiger partial charge in [0.15, 0.2) is 5.97 Å². The Balaban J connectivity index is -0.0000000457. The Morgan fingerprint density at radius 2 is 1.75 bits per heavy atom. The summed E-state index contributed by atoms with van der Waals surface area (Å²) in [7, 11) is 1.29. The molecule has 4 nitrogen and oxygen atoms in total. The summed E-state index contributed by atoms with van der Waals surface area (Å²) >= 11 is 0. The number of ether oxygens (including phenoxy) is 1. The summed E-state index contributed by atoms with van der Waals surface area (Å²) in [6, 6.07) is 0. The van der Waals surface area contributed by atoms with Crippen LogP contribution in [0.25, 0.3) is 0 Å². The zero-order chi connectivity index (χ0) is 8.41. The second-order valence-corrected chi connectivity index (χ2v) is 1.18. The number of methoxy groups -OCH3 is 1. The molecule has 0 bridgehead atoms. The van der Waals surface area contributed by atoms with E-state index in [1.807, 2.05) is 0 Å². The summed E-state index contributed by atoms with van der Waals surface area (Å²) in [5.41, 5.74) is 0. The van der Waals surface area contributed by atoms with Gasteiger partial charge in [0.05, 0.1) is 7.11 Å². The van der Waals surface area contributed by atoms with Crippen LogP contribution in [0.3, 0.4) is 0 Å². The Labute approximate surface area is 98.8 Å². The molecule has 0 aliphatic carbocycles. The van der Waals surface area contributed by atoms with Crippen LogP contribution in [0.1, 0.15) is 6.42 Å². The summed E-state index contributed by atoms with van der Waals surface area (Å²) in [5, 5.41) is 15.5. The molecule has 2 N–H and O–H groups in total. The van der Waals surface area contributed by atoms with Crippen molar-refractivity contribution in [2.24, 2.45) is 0 Å². The van der Waals surface area contributed by atoms with Crippen LogP contribution < -0.4 is 0 Å².